The highest BCUT2D eigenvalue weighted by atomic mass is 19.4. The van der Waals surface area contributed by atoms with Crippen LogP contribution in [0.4, 0.5) is 13.2 Å². The molecule has 0 amide bonds. The standard InChI is InChI=1S/C13H18F3NO2/c1-2-8-17-9-3-10-18-11-4-6-12(7-5-11)19-13(14,15)16/h4-7,17H,2-3,8-10H2,1H3. The number of hydrogen-bond donors (Lipinski definition) is 1. The van der Waals surface area contributed by atoms with E-state index < -0.39 is 6.36 Å². The largest absolute Gasteiger partial charge is 0.573 e. The van der Waals surface area contributed by atoms with Gasteiger partial charge in [0.05, 0.1) is 6.61 Å². The molecule has 1 rings (SSSR count). The van der Waals surface area contributed by atoms with Crippen LogP contribution in [0.15, 0.2) is 24.3 Å². The first-order valence-corrected chi connectivity index (χ1v) is 6.20. The summed E-state index contributed by atoms with van der Waals surface area (Å²) in [6.45, 7) is 4.46. The van der Waals surface area contributed by atoms with Crippen molar-refractivity contribution < 1.29 is 22.6 Å². The highest BCUT2D eigenvalue weighted by Crippen LogP contribution is 2.24. The van der Waals surface area contributed by atoms with Crippen LogP contribution in [0, 0.1) is 0 Å². The van der Waals surface area contributed by atoms with Crippen molar-refractivity contribution in [3.8, 4) is 11.5 Å². The number of hydrogen-bond acceptors (Lipinski definition) is 3. The van der Waals surface area contributed by atoms with Crippen molar-refractivity contribution in [3.05, 3.63) is 24.3 Å². The maximum Gasteiger partial charge on any atom is 0.573 e. The van der Waals surface area contributed by atoms with Gasteiger partial charge in [0.25, 0.3) is 0 Å². The molecule has 0 radical (unpaired) electrons. The summed E-state index contributed by atoms with van der Waals surface area (Å²) in [6.07, 6.45) is -2.73. The zero-order valence-electron chi connectivity index (χ0n) is 10.8. The third-order valence-electron chi connectivity index (χ3n) is 2.25. The maximum absolute atomic E-state index is 11.9. The van der Waals surface area contributed by atoms with Crippen LogP contribution in [0.1, 0.15) is 19.8 Å². The molecule has 6 heteroatoms. The molecule has 0 saturated carbocycles. The molecule has 108 valence electrons. The summed E-state index contributed by atoms with van der Waals surface area (Å²) < 4.78 is 45.0. The molecule has 0 atom stereocenters. The van der Waals surface area contributed by atoms with Gasteiger partial charge < -0.3 is 14.8 Å². The van der Waals surface area contributed by atoms with Gasteiger partial charge in [0.1, 0.15) is 11.5 Å². The van der Waals surface area contributed by atoms with Crippen LogP contribution in [0.3, 0.4) is 0 Å². The molecule has 0 saturated heterocycles. The van der Waals surface area contributed by atoms with Crippen molar-refractivity contribution in [2.45, 2.75) is 26.1 Å². The van der Waals surface area contributed by atoms with E-state index in [9.17, 15) is 13.2 Å². The summed E-state index contributed by atoms with van der Waals surface area (Å²) in [4.78, 5) is 0. The number of nitrogens with one attached hydrogen (secondary N) is 1. The molecule has 0 bridgehead atoms. The first-order valence-electron chi connectivity index (χ1n) is 6.20. The Kier molecular flexibility index (Phi) is 6.49. The molecule has 0 aromatic heterocycles. The molecular weight excluding hydrogens is 259 g/mol. The number of halogens is 3. The Morgan fingerprint density at radius 3 is 2.26 bits per heavy atom. The normalized spacial score (nSPS) is 11.4. The number of ether oxygens (including phenoxy) is 2. The van der Waals surface area contributed by atoms with E-state index in [0.717, 1.165) is 25.9 Å². The quantitative estimate of drug-likeness (QED) is 0.739. The minimum atomic E-state index is -4.66. The lowest BCUT2D eigenvalue weighted by atomic mass is 10.3. The number of rotatable bonds is 8. The summed E-state index contributed by atoms with van der Waals surface area (Å²) in [5, 5.41) is 3.23. The number of benzene rings is 1. The maximum atomic E-state index is 11.9. The second-order valence-corrected chi connectivity index (χ2v) is 3.97. The first-order chi connectivity index (χ1) is 9.01. The average Bonchev–Trinajstić information content (AvgIpc) is 2.34. The van der Waals surface area contributed by atoms with Gasteiger partial charge in [-0.25, -0.2) is 0 Å². The Morgan fingerprint density at radius 2 is 1.68 bits per heavy atom. The monoisotopic (exact) mass is 277 g/mol. The minimum absolute atomic E-state index is 0.246. The summed E-state index contributed by atoms with van der Waals surface area (Å²) in [5.41, 5.74) is 0. The zero-order valence-corrected chi connectivity index (χ0v) is 10.8. The lowest BCUT2D eigenvalue weighted by Crippen LogP contribution is -2.18. The fourth-order valence-electron chi connectivity index (χ4n) is 1.43. The van der Waals surface area contributed by atoms with E-state index in [2.05, 4.69) is 17.0 Å². The summed E-state index contributed by atoms with van der Waals surface area (Å²) in [7, 11) is 0. The van der Waals surface area contributed by atoms with Crippen molar-refractivity contribution in [1.29, 1.82) is 0 Å². The second-order valence-electron chi connectivity index (χ2n) is 3.97. The van der Waals surface area contributed by atoms with Gasteiger partial charge in [-0.3, -0.25) is 0 Å². The van der Waals surface area contributed by atoms with Gasteiger partial charge in [-0.15, -0.1) is 13.2 Å². The van der Waals surface area contributed by atoms with Gasteiger partial charge in [-0.2, -0.15) is 0 Å². The van der Waals surface area contributed by atoms with Crippen LogP contribution < -0.4 is 14.8 Å². The van der Waals surface area contributed by atoms with Gasteiger partial charge >= 0.3 is 6.36 Å². The highest BCUT2D eigenvalue weighted by molar-refractivity contribution is 5.31. The van der Waals surface area contributed by atoms with Crippen LogP contribution in [-0.2, 0) is 0 Å². The van der Waals surface area contributed by atoms with E-state index in [1.807, 2.05) is 0 Å². The predicted molar refractivity (Wildman–Crippen MR) is 66.4 cm³/mol. The zero-order chi connectivity index (χ0) is 14.1. The van der Waals surface area contributed by atoms with Crippen molar-refractivity contribution in [3.63, 3.8) is 0 Å². The van der Waals surface area contributed by atoms with Crippen LogP contribution in [-0.4, -0.2) is 26.1 Å². The van der Waals surface area contributed by atoms with E-state index in [-0.39, 0.29) is 5.75 Å². The van der Waals surface area contributed by atoms with Gasteiger partial charge in [0.2, 0.25) is 0 Å². The van der Waals surface area contributed by atoms with Crippen molar-refractivity contribution in [1.82, 2.24) is 5.32 Å². The van der Waals surface area contributed by atoms with E-state index in [4.69, 9.17) is 4.74 Å². The average molecular weight is 277 g/mol. The molecule has 0 aliphatic heterocycles. The van der Waals surface area contributed by atoms with Gasteiger partial charge in [0, 0.05) is 0 Å². The second kappa shape index (κ2) is 7.89. The van der Waals surface area contributed by atoms with Gasteiger partial charge in [0.15, 0.2) is 0 Å². The molecule has 0 aliphatic carbocycles. The molecular formula is C13H18F3NO2. The Bertz CT molecular complexity index is 352. The summed E-state index contributed by atoms with van der Waals surface area (Å²) >= 11 is 0. The molecule has 1 N–H and O–H groups in total. The van der Waals surface area contributed by atoms with Crippen LogP contribution in [0.2, 0.25) is 0 Å². The minimum Gasteiger partial charge on any atom is -0.494 e. The molecule has 0 heterocycles. The van der Waals surface area contributed by atoms with E-state index in [0.29, 0.717) is 12.4 Å². The molecule has 1 aromatic rings. The predicted octanol–water partition coefficient (Wildman–Crippen LogP) is 3.35. The molecule has 0 unspecified atom stereocenters. The molecule has 0 spiro atoms. The van der Waals surface area contributed by atoms with Crippen LogP contribution >= 0.6 is 0 Å². The van der Waals surface area contributed by atoms with Gasteiger partial charge in [-0.05, 0) is 50.2 Å². The fraction of sp³-hybridized carbons (Fsp3) is 0.538. The molecule has 0 fully saturated rings. The van der Waals surface area contributed by atoms with Gasteiger partial charge in [-0.1, -0.05) is 6.92 Å². The smallest absolute Gasteiger partial charge is 0.494 e. The van der Waals surface area contributed by atoms with Crippen molar-refractivity contribution in [2.24, 2.45) is 0 Å². The first kappa shape index (κ1) is 15.6. The summed E-state index contributed by atoms with van der Waals surface area (Å²) in [6, 6.07) is 5.39. The third kappa shape index (κ3) is 7.56. The van der Waals surface area contributed by atoms with Crippen molar-refractivity contribution >= 4 is 0 Å². The lowest BCUT2D eigenvalue weighted by molar-refractivity contribution is -0.274. The molecule has 19 heavy (non-hydrogen) atoms. The van der Waals surface area contributed by atoms with Crippen LogP contribution in [0.5, 0.6) is 11.5 Å². The summed E-state index contributed by atoms with van der Waals surface area (Å²) in [5.74, 6) is 0.287. The Labute approximate surface area is 110 Å². The van der Waals surface area contributed by atoms with E-state index >= 15 is 0 Å². The molecule has 0 aliphatic rings. The van der Waals surface area contributed by atoms with E-state index in [1.54, 1.807) is 0 Å². The Morgan fingerprint density at radius 1 is 1.05 bits per heavy atom. The van der Waals surface area contributed by atoms with Crippen LogP contribution in [0.25, 0.3) is 0 Å². The number of alkyl halides is 3. The Balaban J connectivity index is 2.25. The molecule has 1 aromatic carbocycles. The Hall–Kier alpha value is -1.43. The SMILES string of the molecule is CCCNCCCOc1ccc(OC(F)(F)F)cc1. The lowest BCUT2D eigenvalue weighted by Gasteiger charge is -2.10. The molecule has 3 nitrogen and oxygen atoms in total. The fourth-order valence-corrected chi connectivity index (χ4v) is 1.43. The van der Waals surface area contributed by atoms with Crippen molar-refractivity contribution in [2.75, 3.05) is 19.7 Å². The van der Waals surface area contributed by atoms with E-state index in [1.165, 1.54) is 24.3 Å². The highest BCUT2D eigenvalue weighted by Gasteiger charge is 2.30. The third-order valence-corrected chi connectivity index (χ3v) is 2.25. The topological polar surface area (TPSA) is 30.5 Å².